The van der Waals surface area contributed by atoms with E-state index in [1.807, 2.05) is 0 Å². The van der Waals surface area contributed by atoms with Crippen LogP contribution in [-0.4, -0.2) is 22.6 Å². The molecule has 1 aliphatic heterocycles. The fourth-order valence-corrected chi connectivity index (χ4v) is 4.35. The molecule has 4 rings (SSSR count). The van der Waals surface area contributed by atoms with Gasteiger partial charge in [0.25, 0.3) is 0 Å². The fraction of sp³-hybridized carbons (Fsp3) is 0.318. The summed E-state index contributed by atoms with van der Waals surface area (Å²) >= 11 is 1.79. The number of nitrogens with zero attached hydrogens (tertiary/aromatic N) is 2. The Morgan fingerprint density at radius 2 is 1.88 bits per heavy atom. The van der Waals surface area contributed by atoms with E-state index in [2.05, 4.69) is 71.7 Å². The molecule has 0 radical (unpaired) electrons. The van der Waals surface area contributed by atoms with Crippen molar-refractivity contribution in [2.24, 2.45) is 0 Å². The fourth-order valence-electron chi connectivity index (χ4n) is 3.75. The molecule has 0 atom stereocenters. The molecule has 0 amide bonds. The molecular weight excluding hydrogens is 338 g/mol. The highest BCUT2D eigenvalue weighted by Crippen LogP contribution is 2.38. The molecule has 0 aliphatic carbocycles. The highest BCUT2D eigenvalue weighted by molar-refractivity contribution is 7.98. The Bertz CT molecular complexity index is 842. The van der Waals surface area contributed by atoms with Crippen molar-refractivity contribution < 1.29 is 0 Å². The van der Waals surface area contributed by atoms with Gasteiger partial charge in [-0.15, -0.1) is 11.8 Å². The Balaban J connectivity index is 1.95. The molecule has 3 aromatic rings. The summed E-state index contributed by atoms with van der Waals surface area (Å²) in [5.41, 5.74) is 6.25. The van der Waals surface area contributed by atoms with Gasteiger partial charge in [0.15, 0.2) is 0 Å². The summed E-state index contributed by atoms with van der Waals surface area (Å²) in [5, 5.41) is 8.80. The monoisotopic (exact) mass is 363 g/mol. The van der Waals surface area contributed by atoms with Crippen LogP contribution in [0.4, 0.5) is 5.82 Å². The summed E-state index contributed by atoms with van der Waals surface area (Å²) in [7, 11) is 0. The Kier molecular flexibility index (Phi) is 5.02. The second kappa shape index (κ2) is 7.58. The molecular formula is C22H25N3S. The van der Waals surface area contributed by atoms with E-state index in [1.54, 1.807) is 11.8 Å². The van der Waals surface area contributed by atoms with E-state index in [1.165, 1.54) is 45.9 Å². The van der Waals surface area contributed by atoms with Gasteiger partial charge < -0.3 is 5.32 Å². The SMILES string of the molecule is CCc1ccccc1-n1nc(-c2ccccc2SC)c2c1NCCCC2. The molecule has 0 unspecified atom stereocenters. The maximum Gasteiger partial charge on any atom is 0.133 e. The van der Waals surface area contributed by atoms with Crippen molar-refractivity contribution in [1.82, 2.24) is 9.78 Å². The van der Waals surface area contributed by atoms with Crippen LogP contribution >= 0.6 is 11.8 Å². The van der Waals surface area contributed by atoms with Gasteiger partial charge in [-0.25, -0.2) is 4.68 Å². The summed E-state index contributed by atoms with van der Waals surface area (Å²) in [5.74, 6) is 1.18. The van der Waals surface area contributed by atoms with Crippen molar-refractivity contribution in [3.63, 3.8) is 0 Å². The first-order valence-corrected chi connectivity index (χ1v) is 10.6. The van der Waals surface area contributed by atoms with Gasteiger partial charge in [0.2, 0.25) is 0 Å². The van der Waals surface area contributed by atoms with E-state index < -0.39 is 0 Å². The third kappa shape index (κ3) is 3.03. The number of aryl methyl sites for hydroxylation is 1. The zero-order valence-corrected chi connectivity index (χ0v) is 16.3. The molecule has 2 aromatic carbocycles. The lowest BCUT2D eigenvalue weighted by molar-refractivity contribution is 0.779. The van der Waals surface area contributed by atoms with Crippen molar-refractivity contribution in [2.75, 3.05) is 18.1 Å². The van der Waals surface area contributed by atoms with Gasteiger partial charge in [-0.05, 0) is 49.6 Å². The zero-order valence-electron chi connectivity index (χ0n) is 15.5. The van der Waals surface area contributed by atoms with Crippen molar-refractivity contribution >= 4 is 17.6 Å². The smallest absolute Gasteiger partial charge is 0.133 e. The van der Waals surface area contributed by atoms with Crippen molar-refractivity contribution in [3.05, 3.63) is 59.7 Å². The number of anilines is 1. The normalized spacial score (nSPS) is 13.8. The number of thioether (sulfide) groups is 1. The van der Waals surface area contributed by atoms with Crippen molar-refractivity contribution in [2.45, 2.75) is 37.5 Å². The Morgan fingerprint density at radius 3 is 2.73 bits per heavy atom. The van der Waals surface area contributed by atoms with Crippen LogP contribution in [0.5, 0.6) is 0 Å². The van der Waals surface area contributed by atoms with Crippen LogP contribution in [0.2, 0.25) is 0 Å². The second-order valence-corrected chi connectivity index (χ2v) is 7.50. The Hall–Kier alpha value is -2.20. The molecule has 0 fully saturated rings. The Labute approximate surface area is 159 Å². The number of hydrogen-bond acceptors (Lipinski definition) is 3. The first-order valence-electron chi connectivity index (χ1n) is 9.41. The highest BCUT2D eigenvalue weighted by atomic mass is 32.2. The molecule has 1 N–H and O–H groups in total. The van der Waals surface area contributed by atoms with Crippen LogP contribution in [0.1, 0.15) is 30.9 Å². The standard InChI is InChI=1S/C22H25N3S/c1-3-16-10-4-6-13-19(16)25-22-18(12-8-9-15-23-22)21(24-25)17-11-5-7-14-20(17)26-2/h4-7,10-11,13-14,23H,3,8-9,12,15H2,1-2H3. The molecule has 0 saturated carbocycles. The number of para-hydroxylation sites is 1. The average molecular weight is 364 g/mol. The summed E-state index contributed by atoms with van der Waals surface area (Å²) in [6.45, 7) is 3.22. The van der Waals surface area contributed by atoms with E-state index >= 15 is 0 Å². The van der Waals surface area contributed by atoms with Gasteiger partial charge >= 0.3 is 0 Å². The second-order valence-electron chi connectivity index (χ2n) is 6.65. The van der Waals surface area contributed by atoms with E-state index in [9.17, 15) is 0 Å². The summed E-state index contributed by atoms with van der Waals surface area (Å²) in [4.78, 5) is 1.29. The quantitative estimate of drug-likeness (QED) is 0.614. The van der Waals surface area contributed by atoms with Gasteiger partial charge in [-0.1, -0.05) is 43.3 Å². The predicted octanol–water partition coefficient (Wildman–Crippen LogP) is 5.57. The molecule has 1 aromatic heterocycles. The lowest BCUT2D eigenvalue weighted by atomic mass is 10.0. The number of nitrogens with one attached hydrogen (secondary N) is 1. The molecule has 0 bridgehead atoms. The maximum absolute atomic E-state index is 5.13. The molecule has 3 nitrogen and oxygen atoms in total. The lowest BCUT2D eigenvalue weighted by Crippen LogP contribution is -2.08. The van der Waals surface area contributed by atoms with Crippen LogP contribution < -0.4 is 5.32 Å². The average Bonchev–Trinajstić information content (AvgIpc) is 2.88. The lowest BCUT2D eigenvalue weighted by Gasteiger charge is -2.12. The zero-order chi connectivity index (χ0) is 17.9. The predicted molar refractivity (Wildman–Crippen MR) is 112 cm³/mol. The minimum Gasteiger partial charge on any atom is -0.370 e. The van der Waals surface area contributed by atoms with Gasteiger partial charge in [0.1, 0.15) is 5.82 Å². The molecule has 0 saturated heterocycles. The minimum absolute atomic E-state index is 1.00. The van der Waals surface area contributed by atoms with Gasteiger partial charge in [-0.3, -0.25) is 0 Å². The van der Waals surface area contributed by atoms with Crippen LogP contribution in [0.3, 0.4) is 0 Å². The summed E-state index contributed by atoms with van der Waals surface area (Å²) in [6, 6.07) is 17.2. The molecule has 26 heavy (non-hydrogen) atoms. The van der Waals surface area contributed by atoms with E-state index in [0.29, 0.717) is 0 Å². The van der Waals surface area contributed by atoms with Crippen LogP contribution in [0.15, 0.2) is 53.4 Å². The maximum atomic E-state index is 5.13. The molecule has 134 valence electrons. The first kappa shape index (κ1) is 17.2. The van der Waals surface area contributed by atoms with Crippen LogP contribution in [0.25, 0.3) is 16.9 Å². The molecule has 1 aliphatic rings. The van der Waals surface area contributed by atoms with E-state index in [0.717, 1.165) is 25.1 Å². The van der Waals surface area contributed by atoms with Crippen molar-refractivity contribution in [3.8, 4) is 16.9 Å². The topological polar surface area (TPSA) is 29.9 Å². The number of benzene rings is 2. The number of hydrogen-bond donors (Lipinski definition) is 1. The first-order chi connectivity index (χ1) is 12.8. The summed E-state index contributed by atoms with van der Waals surface area (Å²) in [6.07, 6.45) is 6.62. The molecule has 0 spiro atoms. The Morgan fingerprint density at radius 1 is 1.08 bits per heavy atom. The largest absolute Gasteiger partial charge is 0.370 e. The van der Waals surface area contributed by atoms with E-state index in [4.69, 9.17) is 5.10 Å². The third-order valence-corrected chi connectivity index (χ3v) is 5.89. The van der Waals surface area contributed by atoms with E-state index in [-0.39, 0.29) is 0 Å². The van der Waals surface area contributed by atoms with Crippen LogP contribution in [0, 0.1) is 0 Å². The van der Waals surface area contributed by atoms with Crippen molar-refractivity contribution in [1.29, 1.82) is 0 Å². The number of rotatable bonds is 4. The molecule has 2 heterocycles. The van der Waals surface area contributed by atoms with Gasteiger partial charge in [0, 0.05) is 22.6 Å². The molecule has 4 heteroatoms. The number of aromatic nitrogens is 2. The van der Waals surface area contributed by atoms with Crippen LogP contribution in [-0.2, 0) is 12.8 Å². The third-order valence-electron chi connectivity index (χ3n) is 5.09. The van der Waals surface area contributed by atoms with Gasteiger partial charge in [0.05, 0.1) is 11.4 Å². The number of fused-ring (bicyclic) bond motifs is 1. The minimum atomic E-state index is 1.00. The summed E-state index contributed by atoms with van der Waals surface area (Å²) < 4.78 is 2.14. The highest BCUT2D eigenvalue weighted by Gasteiger charge is 2.23. The van der Waals surface area contributed by atoms with Gasteiger partial charge in [-0.2, -0.15) is 5.10 Å².